The Morgan fingerprint density at radius 1 is 1.18 bits per heavy atom. The number of aromatic amines is 1. The molecular formula is C21H21FN4O6S. The maximum atomic E-state index is 14.8. The molecule has 33 heavy (non-hydrogen) atoms. The van der Waals surface area contributed by atoms with Crippen LogP contribution in [0.5, 0.6) is 5.75 Å². The van der Waals surface area contributed by atoms with E-state index in [4.69, 9.17) is 9.15 Å². The van der Waals surface area contributed by atoms with Crippen molar-refractivity contribution in [1.29, 1.82) is 0 Å². The number of halogens is 1. The van der Waals surface area contributed by atoms with Gasteiger partial charge in [0.1, 0.15) is 28.2 Å². The molecule has 0 bridgehead atoms. The minimum Gasteiger partial charge on any atom is -0.482 e. The fourth-order valence-electron chi connectivity index (χ4n) is 3.80. The second kappa shape index (κ2) is 8.45. The second-order valence-corrected chi connectivity index (χ2v) is 9.39. The van der Waals surface area contributed by atoms with E-state index in [1.807, 2.05) is 0 Å². The molecule has 0 saturated heterocycles. The topological polar surface area (TPSA) is 143 Å². The molecule has 1 amide bonds. The minimum atomic E-state index is -4.34. The zero-order valence-corrected chi connectivity index (χ0v) is 18.7. The van der Waals surface area contributed by atoms with Crippen molar-refractivity contribution in [2.24, 2.45) is 0 Å². The number of anilines is 1. The third-order valence-corrected chi connectivity index (χ3v) is 7.07. The summed E-state index contributed by atoms with van der Waals surface area (Å²) in [5.74, 6) is -2.83. The number of para-hydroxylation sites is 1. The molecule has 3 N–H and O–H groups in total. The lowest BCUT2D eigenvalue weighted by molar-refractivity contribution is -0.118. The Morgan fingerprint density at radius 3 is 2.64 bits per heavy atom. The summed E-state index contributed by atoms with van der Waals surface area (Å²) in [4.78, 5) is 23.1. The third-order valence-electron chi connectivity index (χ3n) is 5.59. The van der Waals surface area contributed by atoms with Crippen molar-refractivity contribution in [3.8, 4) is 5.75 Å². The molecule has 0 saturated carbocycles. The van der Waals surface area contributed by atoms with Gasteiger partial charge in [-0.15, -0.1) is 5.10 Å². The summed E-state index contributed by atoms with van der Waals surface area (Å²) in [6, 6.07) is 5.93. The summed E-state index contributed by atoms with van der Waals surface area (Å²) in [5.41, 5.74) is 1.66. The summed E-state index contributed by atoms with van der Waals surface area (Å²) in [6.07, 6.45) is 0. The van der Waals surface area contributed by atoms with Gasteiger partial charge in [0.25, 0.3) is 5.91 Å². The van der Waals surface area contributed by atoms with Gasteiger partial charge in [-0.25, -0.2) is 22.7 Å². The molecule has 0 spiro atoms. The van der Waals surface area contributed by atoms with Gasteiger partial charge in [-0.3, -0.25) is 4.79 Å². The molecule has 1 aliphatic heterocycles. The average Bonchev–Trinajstić information content (AvgIpc) is 3.20. The molecule has 3 aromatic rings. The van der Waals surface area contributed by atoms with Crippen molar-refractivity contribution < 1.29 is 26.8 Å². The van der Waals surface area contributed by atoms with Crippen molar-refractivity contribution in [1.82, 2.24) is 14.9 Å². The third kappa shape index (κ3) is 4.26. The number of ether oxygens (including phenoxy) is 1. The molecule has 2 atom stereocenters. The molecule has 0 radical (unpaired) electrons. The number of hydrogen-bond acceptors (Lipinski definition) is 7. The Balaban J connectivity index is 1.80. The van der Waals surface area contributed by atoms with Gasteiger partial charge in [0.2, 0.25) is 15.9 Å². The predicted molar refractivity (Wildman–Crippen MR) is 115 cm³/mol. The number of rotatable bonds is 6. The predicted octanol–water partition coefficient (Wildman–Crippen LogP) is 2.27. The van der Waals surface area contributed by atoms with Crippen LogP contribution in [0.15, 0.2) is 44.4 Å². The van der Waals surface area contributed by atoms with E-state index in [-0.39, 0.29) is 34.4 Å². The van der Waals surface area contributed by atoms with E-state index >= 15 is 0 Å². The number of aryl methyl sites for hydroxylation is 1. The molecular weight excluding hydrogens is 455 g/mol. The Morgan fingerprint density at radius 2 is 1.94 bits per heavy atom. The summed E-state index contributed by atoms with van der Waals surface area (Å²) in [5, 5.41) is 8.37. The Hall–Kier alpha value is -3.51. The Labute approximate surface area is 188 Å². The number of H-pyrrole nitrogens is 1. The fraction of sp³-hybridized carbons (Fsp3) is 0.286. The van der Waals surface area contributed by atoms with E-state index in [9.17, 15) is 22.4 Å². The van der Waals surface area contributed by atoms with E-state index in [1.165, 1.54) is 24.3 Å². The highest BCUT2D eigenvalue weighted by Gasteiger charge is 2.35. The standard InChI is InChI=1S/C21H21FN4O6S/c1-10-7-8-13(22)17(11(10)2)12(3)18(20-24-25-21(28)32-20)26-33(29,30)15-6-4-5-14-19(15)23-16(27)9-31-14/h4-8,12,18,26H,9H2,1-3H3,(H,23,27)(H,25,28)/t12-,18+/m1/s1. The summed E-state index contributed by atoms with van der Waals surface area (Å²) in [6.45, 7) is 4.88. The van der Waals surface area contributed by atoms with E-state index in [1.54, 1.807) is 26.8 Å². The van der Waals surface area contributed by atoms with Gasteiger partial charge in [0.15, 0.2) is 6.61 Å². The molecule has 2 heterocycles. The normalized spacial score (nSPS) is 15.3. The van der Waals surface area contributed by atoms with Crippen LogP contribution in [-0.2, 0) is 14.8 Å². The fourth-order valence-corrected chi connectivity index (χ4v) is 5.24. The second-order valence-electron chi connectivity index (χ2n) is 7.71. The van der Waals surface area contributed by atoms with Crippen molar-refractivity contribution in [3.05, 3.63) is 69.3 Å². The Kier molecular flexibility index (Phi) is 5.80. The number of amides is 1. The quantitative estimate of drug-likeness (QED) is 0.495. The highest BCUT2D eigenvalue weighted by Crippen LogP contribution is 2.38. The highest BCUT2D eigenvalue weighted by atomic mass is 32.2. The number of nitrogens with one attached hydrogen (secondary N) is 3. The maximum Gasteiger partial charge on any atom is 0.434 e. The number of fused-ring (bicyclic) bond motifs is 1. The highest BCUT2D eigenvalue weighted by molar-refractivity contribution is 7.89. The summed E-state index contributed by atoms with van der Waals surface area (Å²) in [7, 11) is -4.34. The van der Waals surface area contributed by atoms with Gasteiger partial charge in [-0.2, -0.15) is 4.72 Å². The number of carbonyl (C=O) groups is 1. The van der Waals surface area contributed by atoms with Crippen molar-refractivity contribution >= 4 is 21.6 Å². The number of nitrogens with zero attached hydrogens (tertiary/aromatic N) is 1. The zero-order chi connectivity index (χ0) is 23.9. The number of aromatic nitrogens is 2. The molecule has 1 aliphatic rings. The summed E-state index contributed by atoms with van der Waals surface area (Å²) < 4.78 is 54.4. The number of sulfonamides is 1. The molecule has 12 heteroatoms. The van der Waals surface area contributed by atoms with E-state index in [0.29, 0.717) is 5.56 Å². The van der Waals surface area contributed by atoms with Gasteiger partial charge < -0.3 is 14.5 Å². The number of hydrogen-bond donors (Lipinski definition) is 3. The first-order valence-corrected chi connectivity index (χ1v) is 11.5. The van der Waals surface area contributed by atoms with Crippen LogP contribution in [0, 0.1) is 19.7 Å². The molecule has 1 aromatic heterocycles. The molecule has 0 aliphatic carbocycles. The van der Waals surface area contributed by atoms with Crippen LogP contribution >= 0.6 is 0 Å². The van der Waals surface area contributed by atoms with Crippen LogP contribution in [0.4, 0.5) is 10.1 Å². The largest absolute Gasteiger partial charge is 0.482 e. The molecule has 0 unspecified atom stereocenters. The zero-order valence-electron chi connectivity index (χ0n) is 17.9. The molecule has 0 fully saturated rings. The molecule has 10 nitrogen and oxygen atoms in total. The first-order chi connectivity index (χ1) is 15.6. The average molecular weight is 476 g/mol. The van der Waals surface area contributed by atoms with Gasteiger partial charge in [-0.05, 0) is 48.7 Å². The lowest BCUT2D eigenvalue weighted by Gasteiger charge is -2.26. The lowest BCUT2D eigenvalue weighted by atomic mass is 9.88. The van der Waals surface area contributed by atoms with Crippen molar-refractivity contribution in [2.45, 2.75) is 37.6 Å². The van der Waals surface area contributed by atoms with Gasteiger partial charge in [0.05, 0.1) is 0 Å². The first kappa shape index (κ1) is 22.7. The van der Waals surface area contributed by atoms with Gasteiger partial charge in [-0.1, -0.05) is 19.1 Å². The lowest BCUT2D eigenvalue weighted by Crippen LogP contribution is -2.34. The maximum absolute atomic E-state index is 14.8. The molecule has 2 aromatic carbocycles. The van der Waals surface area contributed by atoms with Crippen LogP contribution in [0.2, 0.25) is 0 Å². The van der Waals surface area contributed by atoms with E-state index in [0.717, 1.165) is 5.56 Å². The van der Waals surface area contributed by atoms with Crippen molar-refractivity contribution in [2.75, 3.05) is 11.9 Å². The van der Waals surface area contributed by atoms with Crippen molar-refractivity contribution in [3.63, 3.8) is 0 Å². The van der Waals surface area contributed by atoms with Crippen LogP contribution in [0.3, 0.4) is 0 Å². The summed E-state index contributed by atoms with van der Waals surface area (Å²) >= 11 is 0. The SMILES string of the molecule is Cc1ccc(F)c([C@@H](C)[C@H](NS(=O)(=O)c2cccc3c2NC(=O)CO3)c2n[nH]c(=O)o2)c1C. The smallest absolute Gasteiger partial charge is 0.434 e. The van der Waals surface area contributed by atoms with E-state index < -0.39 is 39.5 Å². The van der Waals surface area contributed by atoms with Gasteiger partial charge in [0, 0.05) is 5.92 Å². The molecule has 174 valence electrons. The monoisotopic (exact) mass is 476 g/mol. The van der Waals surface area contributed by atoms with Crippen LogP contribution in [0.1, 0.15) is 41.5 Å². The van der Waals surface area contributed by atoms with Crippen LogP contribution < -0.4 is 20.5 Å². The van der Waals surface area contributed by atoms with Gasteiger partial charge >= 0.3 is 5.76 Å². The number of benzene rings is 2. The Bertz CT molecular complexity index is 1400. The van der Waals surface area contributed by atoms with Crippen LogP contribution in [-0.4, -0.2) is 31.1 Å². The van der Waals surface area contributed by atoms with Crippen LogP contribution in [0.25, 0.3) is 0 Å². The number of carbonyl (C=O) groups excluding carboxylic acids is 1. The first-order valence-electron chi connectivity index (χ1n) is 9.97. The van der Waals surface area contributed by atoms with E-state index in [2.05, 4.69) is 20.2 Å². The minimum absolute atomic E-state index is 0.0194. The molecule has 4 rings (SSSR count).